The highest BCUT2D eigenvalue weighted by Crippen LogP contribution is 2.23. The zero-order chi connectivity index (χ0) is 10.8. The first-order chi connectivity index (χ1) is 7.15. The van der Waals surface area contributed by atoms with Gasteiger partial charge in [-0.1, -0.05) is 12.1 Å². The van der Waals surface area contributed by atoms with E-state index in [2.05, 4.69) is 5.32 Å². The standard InChI is InChI=1S/C12H13NO2/c1-8(14)6-9-2-4-11-10(7-9)3-5-12(15)13-11/h2,4,7H,3,5-6H2,1H3,(H,13,15). The molecule has 78 valence electrons. The van der Waals surface area contributed by atoms with Gasteiger partial charge >= 0.3 is 0 Å². The van der Waals surface area contributed by atoms with E-state index >= 15 is 0 Å². The van der Waals surface area contributed by atoms with Crippen molar-refractivity contribution < 1.29 is 9.59 Å². The lowest BCUT2D eigenvalue weighted by Gasteiger charge is -2.17. The molecule has 0 aromatic heterocycles. The number of fused-ring (bicyclic) bond motifs is 1. The Morgan fingerprint density at radius 3 is 2.93 bits per heavy atom. The lowest BCUT2D eigenvalue weighted by molar-refractivity contribution is -0.117. The molecule has 1 aromatic carbocycles. The summed E-state index contributed by atoms with van der Waals surface area (Å²) in [5.41, 5.74) is 3.05. The Kier molecular flexibility index (Phi) is 2.54. The normalized spacial score (nSPS) is 14.3. The molecule has 3 nitrogen and oxygen atoms in total. The number of carbonyl (C=O) groups excluding carboxylic acids is 2. The van der Waals surface area contributed by atoms with Crippen LogP contribution in [0.15, 0.2) is 18.2 Å². The molecule has 15 heavy (non-hydrogen) atoms. The number of nitrogens with one attached hydrogen (secondary N) is 1. The van der Waals surface area contributed by atoms with E-state index in [0.717, 1.165) is 23.2 Å². The molecule has 0 bridgehead atoms. The van der Waals surface area contributed by atoms with E-state index in [1.165, 1.54) is 0 Å². The largest absolute Gasteiger partial charge is 0.326 e. The average Bonchev–Trinajstić information content (AvgIpc) is 2.17. The van der Waals surface area contributed by atoms with Gasteiger partial charge in [-0.05, 0) is 30.5 Å². The Morgan fingerprint density at radius 1 is 1.40 bits per heavy atom. The molecule has 0 unspecified atom stereocenters. The smallest absolute Gasteiger partial charge is 0.224 e. The number of hydrogen-bond acceptors (Lipinski definition) is 2. The number of ketones is 1. The van der Waals surface area contributed by atoms with Crippen molar-refractivity contribution in [2.24, 2.45) is 0 Å². The third kappa shape index (κ3) is 2.24. The van der Waals surface area contributed by atoms with Crippen LogP contribution in [-0.4, -0.2) is 11.7 Å². The summed E-state index contributed by atoms with van der Waals surface area (Å²) in [5, 5.41) is 2.82. The fourth-order valence-electron chi connectivity index (χ4n) is 1.83. The molecule has 1 aliphatic rings. The number of anilines is 1. The maximum Gasteiger partial charge on any atom is 0.224 e. The molecular weight excluding hydrogens is 190 g/mol. The van der Waals surface area contributed by atoms with Crippen LogP contribution in [0.3, 0.4) is 0 Å². The van der Waals surface area contributed by atoms with Gasteiger partial charge in [0, 0.05) is 18.5 Å². The SMILES string of the molecule is CC(=O)Cc1ccc2c(c1)CCC(=O)N2. The molecule has 0 atom stereocenters. The summed E-state index contributed by atoms with van der Waals surface area (Å²) in [7, 11) is 0. The topological polar surface area (TPSA) is 46.2 Å². The fourth-order valence-corrected chi connectivity index (χ4v) is 1.83. The average molecular weight is 203 g/mol. The van der Waals surface area contributed by atoms with E-state index in [0.29, 0.717) is 12.8 Å². The first-order valence-corrected chi connectivity index (χ1v) is 5.06. The monoisotopic (exact) mass is 203 g/mol. The number of Topliss-reactive ketones (excluding diaryl/α,β-unsaturated/α-hetero) is 1. The van der Waals surface area contributed by atoms with Gasteiger partial charge in [0.1, 0.15) is 5.78 Å². The van der Waals surface area contributed by atoms with Crippen molar-refractivity contribution in [2.45, 2.75) is 26.2 Å². The Hall–Kier alpha value is -1.64. The molecular formula is C12H13NO2. The second-order valence-corrected chi connectivity index (χ2v) is 3.92. The van der Waals surface area contributed by atoms with Crippen LogP contribution in [-0.2, 0) is 22.4 Å². The predicted molar refractivity (Wildman–Crippen MR) is 57.8 cm³/mol. The summed E-state index contributed by atoms with van der Waals surface area (Å²) >= 11 is 0. The molecule has 0 radical (unpaired) electrons. The van der Waals surface area contributed by atoms with Crippen molar-refractivity contribution in [3.8, 4) is 0 Å². The highest BCUT2D eigenvalue weighted by atomic mass is 16.1. The summed E-state index contributed by atoms with van der Waals surface area (Å²) in [5.74, 6) is 0.233. The van der Waals surface area contributed by atoms with Gasteiger partial charge in [-0.15, -0.1) is 0 Å². The zero-order valence-corrected chi connectivity index (χ0v) is 8.67. The Bertz CT molecular complexity index is 424. The number of rotatable bonds is 2. The summed E-state index contributed by atoms with van der Waals surface area (Å²) in [6.45, 7) is 1.58. The third-order valence-electron chi connectivity index (χ3n) is 2.52. The molecule has 0 aliphatic carbocycles. The van der Waals surface area contributed by atoms with Gasteiger partial charge in [-0.3, -0.25) is 9.59 Å². The Morgan fingerprint density at radius 2 is 2.20 bits per heavy atom. The van der Waals surface area contributed by atoms with Crippen LogP contribution in [0, 0.1) is 0 Å². The summed E-state index contributed by atoms with van der Waals surface area (Å²) in [6, 6.07) is 5.78. The van der Waals surface area contributed by atoms with Crippen molar-refractivity contribution in [1.29, 1.82) is 0 Å². The number of amides is 1. The fraction of sp³-hybridized carbons (Fsp3) is 0.333. The van der Waals surface area contributed by atoms with Gasteiger partial charge < -0.3 is 5.32 Å². The molecule has 1 amide bonds. The quantitative estimate of drug-likeness (QED) is 0.795. The third-order valence-corrected chi connectivity index (χ3v) is 2.52. The molecule has 1 N–H and O–H groups in total. The van der Waals surface area contributed by atoms with Crippen LogP contribution in [0.2, 0.25) is 0 Å². The molecule has 1 heterocycles. The summed E-state index contributed by atoms with van der Waals surface area (Å²) in [6.07, 6.45) is 1.78. The lowest BCUT2D eigenvalue weighted by Crippen LogP contribution is -2.19. The first kappa shape index (κ1) is 9.90. The van der Waals surface area contributed by atoms with Gasteiger partial charge in [0.05, 0.1) is 0 Å². The minimum atomic E-state index is 0.0711. The maximum atomic E-state index is 11.1. The van der Waals surface area contributed by atoms with Gasteiger partial charge in [0.25, 0.3) is 0 Å². The van der Waals surface area contributed by atoms with Crippen molar-refractivity contribution in [3.63, 3.8) is 0 Å². The van der Waals surface area contributed by atoms with E-state index in [1.807, 2.05) is 18.2 Å². The highest BCUT2D eigenvalue weighted by Gasteiger charge is 2.14. The minimum Gasteiger partial charge on any atom is -0.326 e. The van der Waals surface area contributed by atoms with Crippen LogP contribution < -0.4 is 5.32 Å². The number of aryl methyl sites for hydroxylation is 1. The van der Waals surface area contributed by atoms with Gasteiger partial charge in [0.2, 0.25) is 5.91 Å². The predicted octanol–water partition coefficient (Wildman–Crippen LogP) is 1.70. The molecule has 1 aliphatic heterocycles. The number of benzene rings is 1. The van der Waals surface area contributed by atoms with E-state index in [-0.39, 0.29) is 11.7 Å². The minimum absolute atomic E-state index is 0.0711. The highest BCUT2D eigenvalue weighted by molar-refractivity contribution is 5.94. The molecule has 1 aromatic rings. The zero-order valence-electron chi connectivity index (χ0n) is 8.67. The van der Waals surface area contributed by atoms with Crippen LogP contribution in [0.5, 0.6) is 0 Å². The number of carbonyl (C=O) groups is 2. The summed E-state index contributed by atoms with van der Waals surface area (Å²) in [4.78, 5) is 22.1. The van der Waals surface area contributed by atoms with E-state index in [4.69, 9.17) is 0 Å². The summed E-state index contributed by atoms with van der Waals surface area (Å²) < 4.78 is 0. The van der Waals surface area contributed by atoms with Gasteiger partial charge in [-0.2, -0.15) is 0 Å². The van der Waals surface area contributed by atoms with Gasteiger partial charge in [-0.25, -0.2) is 0 Å². The van der Waals surface area contributed by atoms with Gasteiger partial charge in [0.15, 0.2) is 0 Å². The second kappa shape index (κ2) is 3.85. The van der Waals surface area contributed by atoms with Crippen LogP contribution in [0.4, 0.5) is 5.69 Å². The van der Waals surface area contributed by atoms with Crippen molar-refractivity contribution in [1.82, 2.24) is 0 Å². The first-order valence-electron chi connectivity index (χ1n) is 5.06. The maximum absolute atomic E-state index is 11.1. The molecule has 0 spiro atoms. The molecule has 0 saturated heterocycles. The lowest BCUT2D eigenvalue weighted by atomic mass is 9.98. The second-order valence-electron chi connectivity index (χ2n) is 3.92. The Balaban J connectivity index is 2.26. The van der Waals surface area contributed by atoms with Crippen molar-refractivity contribution >= 4 is 17.4 Å². The van der Waals surface area contributed by atoms with E-state index < -0.39 is 0 Å². The van der Waals surface area contributed by atoms with E-state index in [9.17, 15) is 9.59 Å². The molecule has 3 heteroatoms. The van der Waals surface area contributed by atoms with Crippen LogP contribution >= 0.6 is 0 Å². The van der Waals surface area contributed by atoms with Crippen LogP contribution in [0.25, 0.3) is 0 Å². The molecule has 0 fully saturated rings. The van der Waals surface area contributed by atoms with Crippen molar-refractivity contribution in [2.75, 3.05) is 5.32 Å². The van der Waals surface area contributed by atoms with Crippen molar-refractivity contribution in [3.05, 3.63) is 29.3 Å². The molecule has 2 rings (SSSR count). The van der Waals surface area contributed by atoms with E-state index in [1.54, 1.807) is 6.92 Å². The Labute approximate surface area is 88.5 Å². The number of hydrogen-bond donors (Lipinski definition) is 1. The van der Waals surface area contributed by atoms with Crippen LogP contribution in [0.1, 0.15) is 24.5 Å². The molecule has 0 saturated carbocycles.